The average Bonchev–Trinajstić information content (AvgIpc) is 2.92. The summed E-state index contributed by atoms with van der Waals surface area (Å²) < 4.78 is 1.58. The number of carbonyl (C=O) groups is 2. The molecule has 1 saturated heterocycles. The number of aryl methyl sites for hydroxylation is 2. The fourth-order valence-electron chi connectivity index (χ4n) is 3.40. The average molecular weight is 385 g/mol. The molecule has 0 bridgehead atoms. The third-order valence-electron chi connectivity index (χ3n) is 4.79. The first-order chi connectivity index (χ1) is 13.3. The Morgan fingerprint density at radius 1 is 1.04 bits per heavy atom. The van der Waals surface area contributed by atoms with Crippen molar-refractivity contribution >= 4 is 11.9 Å². The van der Waals surface area contributed by atoms with Gasteiger partial charge >= 0.3 is 6.03 Å². The Morgan fingerprint density at radius 3 is 2.25 bits per heavy atom. The molecule has 0 saturated carbocycles. The minimum Gasteiger partial charge on any atom is -0.351 e. The highest BCUT2D eigenvalue weighted by molar-refractivity contribution is 5.95. The zero-order chi connectivity index (χ0) is 20.4. The molecule has 0 aromatic carbocycles. The van der Waals surface area contributed by atoms with Crippen LogP contribution in [0.2, 0.25) is 0 Å². The van der Waals surface area contributed by atoms with Crippen LogP contribution in [0.1, 0.15) is 53.6 Å². The second-order valence-electron chi connectivity index (χ2n) is 7.45. The first-order valence-electron chi connectivity index (χ1n) is 9.52. The van der Waals surface area contributed by atoms with E-state index in [1.807, 2.05) is 33.8 Å². The second kappa shape index (κ2) is 7.95. The van der Waals surface area contributed by atoms with Crippen LogP contribution in [0.25, 0.3) is 5.95 Å². The quantitative estimate of drug-likeness (QED) is 0.863. The van der Waals surface area contributed by atoms with Gasteiger partial charge < -0.3 is 15.5 Å². The molecule has 2 aromatic heterocycles. The molecule has 1 aliphatic rings. The normalized spacial score (nSPS) is 15.0. The van der Waals surface area contributed by atoms with Crippen LogP contribution in [0.15, 0.2) is 12.3 Å². The van der Waals surface area contributed by atoms with E-state index < -0.39 is 6.03 Å². The van der Waals surface area contributed by atoms with Crippen LogP contribution in [-0.4, -0.2) is 67.7 Å². The van der Waals surface area contributed by atoms with E-state index in [4.69, 9.17) is 5.73 Å². The Bertz CT molecular complexity index is 870. The maximum Gasteiger partial charge on any atom is 0.314 e. The van der Waals surface area contributed by atoms with E-state index in [0.717, 1.165) is 11.4 Å². The molecule has 0 radical (unpaired) electrons. The van der Waals surface area contributed by atoms with Crippen LogP contribution >= 0.6 is 0 Å². The largest absolute Gasteiger partial charge is 0.351 e. The zero-order valence-corrected chi connectivity index (χ0v) is 16.8. The van der Waals surface area contributed by atoms with Crippen LogP contribution in [0.3, 0.4) is 0 Å². The molecule has 0 unspecified atom stereocenters. The molecule has 150 valence electrons. The van der Waals surface area contributed by atoms with Crippen molar-refractivity contribution < 1.29 is 9.59 Å². The minimum absolute atomic E-state index is 0.0696. The Balaban J connectivity index is 1.91. The summed E-state index contributed by atoms with van der Waals surface area (Å²) in [4.78, 5) is 36.9. The lowest BCUT2D eigenvalue weighted by atomic mass is 10.1. The van der Waals surface area contributed by atoms with Crippen LogP contribution in [-0.2, 0) is 0 Å². The molecule has 3 heterocycles. The monoisotopic (exact) mass is 385 g/mol. The van der Waals surface area contributed by atoms with Crippen molar-refractivity contribution in [3.05, 3.63) is 34.9 Å². The third kappa shape index (κ3) is 4.13. The molecule has 0 aliphatic carbocycles. The summed E-state index contributed by atoms with van der Waals surface area (Å²) in [5, 5.41) is 4.60. The number of nitrogens with zero attached hydrogens (tertiary/aromatic N) is 6. The van der Waals surface area contributed by atoms with Gasteiger partial charge in [-0.05, 0) is 32.3 Å². The van der Waals surface area contributed by atoms with Gasteiger partial charge in [-0.3, -0.25) is 4.79 Å². The summed E-state index contributed by atoms with van der Waals surface area (Å²) in [6.07, 6.45) is 2.41. The van der Waals surface area contributed by atoms with Crippen molar-refractivity contribution in [2.45, 2.75) is 40.0 Å². The van der Waals surface area contributed by atoms with Crippen LogP contribution in [0, 0.1) is 13.8 Å². The van der Waals surface area contributed by atoms with E-state index in [-0.39, 0.29) is 11.8 Å². The van der Waals surface area contributed by atoms with E-state index in [9.17, 15) is 9.59 Å². The smallest absolute Gasteiger partial charge is 0.314 e. The summed E-state index contributed by atoms with van der Waals surface area (Å²) in [5.41, 5.74) is 8.33. The molecule has 1 aliphatic heterocycles. The predicted octanol–water partition coefficient (Wildman–Crippen LogP) is 1.63. The molecule has 3 rings (SSSR count). The number of aromatic nitrogens is 4. The van der Waals surface area contributed by atoms with Gasteiger partial charge in [0.05, 0.1) is 11.3 Å². The lowest BCUT2D eigenvalue weighted by Crippen LogP contribution is -2.39. The SMILES string of the molecule is Cc1cc(C)nc(-n2cc(C(=O)N3CCCN(C(N)=O)CC3)c(C(C)C)n2)n1. The molecule has 3 amide bonds. The van der Waals surface area contributed by atoms with E-state index >= 15 is 0 Å². The summed E-state index contributed by atoms with van der Waals surface area (Å²) >= 11 is 0. The number of carbonyl (C=O) groups excluding carboxylic acids is 2. The number of nitrogens with two attached hydrogens (primary N) is 1. The topological polar surface area (TPSA) is 110 Å². The highest BCUT2D eigenvalue weighted by Gasteiger charge is 2.27. The second-order valence-corrected chi connectivity index (χ2v) is 7.45. The molecule has 2 N–H and O–H groups in total. The molecule has 9 heteroatoms. The lowest BCUT2D eigenvalue weighted by Gasteiger charge is -2.21. The van der Waals surface area contributed by atoms with Crippen LogP contribution < -0.4 is 5.73 Å². The molecule has 9 nitrogen and oxygen atoms in total. The van der Waals surface area contributed by atoms with E-state index in [2.05, 4.69) is 15.1 Å². The number of hydrogen-bond acceptors (Lipinski definition) is 5. The van der Waals surface area contributed by atoms with Crippen molar-refractivity contribution in [2.24, 2.45) is 5.73 Å². The van der Waals surface area contributed by atoms with Gasteiger partial charge in [-0.1, -0.05) is 13.8 Å². The summed E-state index contributed by atoms with van der Waals surface area (Å²) in [6.45, 7) is 9.83. The maximum atomic E-state index is 13.2. The van der Waals surface area contributed by atoms with Gasteiger partial charge in [0.2, 0.25) is 0 Å². The van der Waals surface area contributed by atoms with Crippen molar-refractivity contribution in [2.75, 3.05) is 26.2 Å². The Kier molecular flexibility index (Phi) is 5.62. The minimum atomic E-state index is -0.447. The van der Waals surface area contributed by atoms with Gasteiger partial charge in [0.25, 0.3) is 11.9 Å². The molecular formula is C19H27N7O2. The number of primary amides is 1. The van der Waals surface area contributed by atoms with Gasteiger partial charge in [0, 0.05) is 43.8 Å². The number of amides is 3. The number of hydrogen-bond donors (Lipinski definition) is 1. The predicted molar refractivity (Wildman–Crippen MR) is 104 cm³/mol. The van der Waals surface area contributed by atoms with Gasteiger partial charge in [-0.25, -0.2) is 19.4 Å². The van der Waals surface area contributed by atoms with Crippen molar-refractivity contribution in [1.82, 2.24) is 29.5 Å². The van der Waals surface area contributed by atoms with E-state index in [1.54, 1.807) is 20.7 Å². The Hall–Kier alpha value is -2.97. The van der Waals surface area contributed by atoms with Crippen LogP contribution in [0.5, 0.6) is 0 Å². The van der Waals surface area contributed by atoms with Gasteiger partial charge in [0.1, 0.15) is 0 Å². The highest BCUT2D eigenvalue weighted by atomic mass is 16.2. The fourth-order valence-corrected chi connectivity index (χ4v) is 3.40. The number of rotatable bonds is 3. The Labute approximate surface area is 164 Å². The van der Waals surface area contributed by atoms with Crippen molar-refractivity contribution in [1.29, 1.82) is 0 Å². The van der Waals surface area contributed by atoms with Gasteiger partial charge in [-0.15, -0.1) is 0 Å². The molecular weight excluding hydrogens is 358 g/mol. The van der Waals surface area contributed by atoms with Crippen LogP contribution in [0.4, 0.5) is 4.79 Å². The first-order valence-corrected chi connectivity index (χ1v) is 9.52. The van der Waals surface area contributed by atoms with Crippen molar-refractivity contribution in [3.8, 4) is 5.95 Å². The fraction of sp³-hybridized carbons (Fsp3) is 0.526. The molecule has 0 atom stereocenters. The first kappa shape index (κ1) is 19.8. The van der Waals surface area contributed by atoms with E-state index in [1.165, 1.54) is 0 Å². The summed E-state index contributed by atoms with van der Waals surface area (Å²) in [6, 6.07) is 1.45. The number of urea groups is 1. The summed E-state index contributed by atoms with van der Waals surface area (Å²) in [7, 11) is 0. The molecule has 28 heavy (non-hydrogen) atoms. The molecule has 0 spiro atoms. The maximum absolute atomic E-state index is 13.2. The molecule has 1 fully saturated rings. The zero-order valence-electron chi connectivity index (χ0n) is 16.8. The van der Waals surface area contributed by atoms with Crippen molar-refractivity contribution in [3.63, 3.8) is 0 Å². The van der Waals surface area contributed by atoms with E-state index in [0.29, 0.717) is 49.8 Å². The summed E-state index contributed by atoms with van der Waals surface area (Å²) in [5.74, 6) is 0.431. The third-order valence-corrected chi connectivity index (χ3v) is 4.79. The standard InChI is InChI=1S/C19H27N7O2/c1-12(2)16-15(11-26(23-16)19-21-13(3)10-14(4)22-19)17(27)24-6-5-7-25(9-8-24)18(20)28/h10-12H,5-9H2,1-4H3,(H2,20,28). The van der Waals surface area contributed by atoms with Gasteiger partial charge in [0.15, 0.2) is 0 Å². The Morgan fingerprint density at radius 2 is 1.64 bits per heavy atom. The molecule has 2 aromatic rings. The van der Waals surface area contributed by atoms with Gasteiger partial charge in [-0.2, -0.15) is 5.10 Å². The highest BCUT2D eigenvalue weighted by Crippen LogP contribution is 2.21. The lowest BCUT2D eigenvalue weighted by molar-refractivity contribution is 0.0761.